The lowest BCUT2D eigenvalue weighted by Gasteiger charge is -2.39. The molecule has 0 atom stereocenters. The maximum absolute atomic E-state index is 6.70. The summed E-state index contributed by atoms with van der Waals surface area (Å²) in [6.07, 6.45) is 0. The highest BCUT2D eigenvalue weighted by atomic mass is 16.5. The first-order chi connectivity index (χ1) is 22.3. The Morgan fingerprint density at radius 2 is 0.911 bits per heavy atom. The van der Waals surface area contributed by atoms with Crippen molar-refractivity contribution in [2.75, 3.05) is 0 Å². The van der Waals surface area contributed by atoms with Gasteiger partial charge >= 0.3 is 0 Å². The molecule has 2 nitrogen and oxygen atoms in total. The predicted molar refractivity (Wildman–Crippen MR) is 184 cm³/mol. The van der Waals surface area contributed by atoms with Gasteiger partial charge in [0.2, 0.25) is 0 Å². The predicted octanol–water partition coefficient (Wildman–Crippen LogP) is 10.9. The van der Waals surface area contributed by atoms with Crippen LogP contribution in [0.1, 0.15) is 22.3 Å². The van der Waals surface area contributed by atoms with Crippen molar-refractivity contribution >= 4 is 21.8 Å². The number of hydrogen-bond donors (Lipinski definition) is 0. The van der Waals surface area contributed by atoms with Gasteiger partial charge in [0, 0.05) is 27.5 Å². The second-order valence-corrected chi connectivity index (χ2v) is 12.0. The van der Waals surface area contributed by atoms with Crippen molar-refractivity contribution in [3.8, 4) is 39.4 Å². The van der Waals surface area contributed by atoms with Crippen LogP contribution in [0.25, 0.3) is 49.7 Å². The largest absolute Gasteiger partial charge is 0.457 e. The standard InChI is InChI=1S/C43H27NO/c1-6-18-34-30(14-1)31-15-2-7-19-35(31)43(34)36-20-8-12-24-41(36)45-42-26-25-28(27-37(42)43)29-13-3-9-21-38(29)44-39-22-10-4-16-32(39)33-17-5-11-23-40(33)44/h1-27H. The minimum absolute atomic E-state index is 0.491. The zero-order chi connectivity index (χ0) is 29.5. The number of nitrogens with zero attached hydrogens (tertiary/aromatic N) is 1. The van der Waals surface area contributed by atoms with E-state index in [9.17, 15) is 0 Å². The molecule has 1 aliphatic carbocycles. The van der Waals surface area contributed by atoms with Crippen molar-refractivity contribution in [2.24, 2.45) is 0 Å². The third-order valence-electron chi connectivity index (χ3n) is 9.88. The van der Waals surface area contributed by atoms with E-state index in [1.807, 2.05) is 0 Å². The molecule has 1 spiro atoms. The smallest absolute Gasteiger partial charge is 0.132 e. The molecular weight excluding hydrogens is 546 g/mol. The Balaban J connectivity index is 1.28. The van der Waals surface area contributed by atoms with Gasteiger partial charge in [-0.3, -0.25) is 0 Å². The molecule has 2 aliphatic rings. The quantitative estimate of drug-likeness (QED) is 0.201. The molecule has 1 aromatic heterocycles. The summed E-state index contributed by atoms with van der Waals surface area (Å²) in [7, 11) is 0. The molecule has 8 aromatic rings. The number of hydrogen-bond acceptors (Lipinski definition) is 1. The topological polar surface area (TPSA) is 14.2 Å². The van der Waals surface area contributed by atoms with Gasteiger partial charge in [0.15, 0.2) is 0 Å². The van der Waals surface area contributed by atoms with Crippen LogP contribution in [0.4, 0.5) is 0 Å². The average Bonchev–Trinajstić information content (AvgIpc) is 3.60. The van der Waals surface area contributed by atoms with Crippen LogP contribution < -0.4 is 4.74 Å². The van der Waals surface area contributed by atoms with Gasteiger partial charge in [-0.25, -0.2) is 0 Å². The van der Waals surface area contributed by atoms with E-state index in [-0.39, 0.29) is 0 Å². The molecule has 0 unspecified atom stereocenters. The first-order valence-electron chi connectivity index (χ1n) is 15.5. The van der Waals surface area contributed by atoms with E-state index in [0.717, 1.165) is 22.7 Å². The monoisotopic (exact) mass is 573 g/mol. The number of fused-ring (bicyclic) bond motifs is 12. The summed E-state index contributed by atoms with van der Waals surface area (Å²) in [6.45, 7) is 0. The fraction of sp³-hybridized carbons (Fsp3) is 0.0233. The van der Waals surface area contributed by atoms with Crippen LogP contribution in [0, 0.1) is 0 Å². The molecule has 0 radical (unpaired) electrons. The number of benzene rings is 7. The molecule has 0 saturated heterocycles. The Labute approximate surface area is 261 Å². The van der Waals surface area contributed by atoms with Crippen LogP contribution in [0.15, 0.2) is 164 Å². The molecule has 0 fully saturated rings. The summed E-state index contributed by atoms with van der Waals surface area (Å²) in [6, 6.07) is 59.3. The van der Waals surface area contributed by atoms with Crippen LogP contribution in [0.3, 0.4) is 0 Å². The lowest BCUT2D eigenvalue weighted by molar-refractivity contribution is 0.436. The molecule has 45 heavy (non-hydrogen) atoms. The average molecular weight is 574 g/mol. The van der Waals surface area contributed by atoms with Gasteiger partial charge in [0.05, 0.1) is 22.1 Å². The van der Waals surface area contributed by atoms with Crippen molar-refractivity contribution in [2.45, 2.75) is 5.41 Å². The highest BCUT2D eigenvalue weighted by molar-refractivity contribution is 6.09. The van der Waals surface area contributed by atoms with Crippen LogP contribution in [0.5, 0.6) is 11.5 Å². The van der Waals surface area contributed by atoms with Gasteiger partial charge in [-0.1, -0.05) is 127 Å². The molecule has 10 rings (SSSR count). The van der Waals surface area contributed by atoms with Crippen molar-refractivity contribution in [3.63, 3.8) is 0 Å². The first-order valence-corrected chi connectivity index (χ1v) is 15.5. The Morgan fingerprint density at radius 1 is 0.400 bits per heavy atom. The SMILES string of the molecule is c1ccc2c(c1)Oc1ccc(-c3ccccc3-n3c4ccccc4c4ccccc43)cc1C21c2ccccc2-c2ccccc21. The van der Waals surface area contributed by atoms with E-state index in [2.05, 4.69) is 168 Å². The Hall–Kier alpha value is -5.86. The Kier molecular flexibility index (Phi) is 4.95. The highest BCUT2D eigenvalue weighted by Crippen LogP contribution is 2.62. The summed E-state index contributed by atoms with van der Waals surface area (Å²) >= 11 is 0. The summed E-state index contributed by atoms with van der Waals surface area (Å²) in [5, 5.41) is 2.52. The summed E-state index contributed by atoms with van der Waals surface area (Å²) in [4.78, 5) is 0. The maximum atomic E-state index is 6.70. The lowest BCUT2D eigenvalue weighted by atomic mass is 9.66. The molecule has 7 aromatic carbocycles. The number of rotatable bonds is 2. The fourth-order valence-corrected chi connectivity index (χ4v) is 8.12. The van der Waals surface area contributed by atoms with Gasteiger partial charge in [0.1, 0.15) is 11.5 Å². The van der Waals surface area contributed by atoms with Crippen LogP contribution in [0.2, 0.25) is 0 Å². The van der Waals surface area contributed by atoms with E-state index < -0.39 is 5.41 Å². The van der Waals surface area contributed by atoms with Gasteiger partial charge in [-0.2, -0.15) is 0 Å². The van der Waals surface area contributed by atoms with Crippen LogP contribution in [-0.4, -0.2) is 4.57 Å². The van der Waals surface area contributed by atoms with Gasteiger partial charge in [0.25, 0.3) is 0 Å². The van der Waals surface area contributed by atoms with Crippen molar-refractivity contribution in [1.82, 2.24) is 4.57 Å². The van der Waals surface area contributed by atoms with Crippen molar-refractivity contribution in [3.05, 3.63) is 186 Å². The normalized spacial score (nSPS) is 13.7. The third-order valence-corrected chi connectivity index (χ3v) is 9.88. The fourth-order valence-electron chi connectivity index (χ4n) is 8.12. The molecule has 0 saturated carbocycles. The highest BCUT2D eigenvalue weighted by Gasteiger charge is 2.51. The van der Waals surface area contributed by atoms with E-state index >= 15 is 0 Å². The van der Waals surface area contributed by atoms with Crippen LogP contribution >= 0.6 is 0 Å². The summed E-state index contributed by atoms with van der Waals surface area (Å²) in [5.41, 5.74) is 13.0. The summed E-state index contributed by atoms with van der Waals surface area (Å²) < 4.78 is 9.12. The lowest BCUT2D eigenvalue weighted by Crippen LogP contribution is -2.32. The molecule has 210 valence electrons. The molecule has 1 aliphatic heterocycles. The molecule has 0 bridgehead atoms. The van der Waals surface area contributed by atoms with Gasteiger partial charge < -0.3 is 9.30 Å². The second kappa shape index (κ2) is 9.07. The van der Waals surface area contributed by atoms with E-state index in [1.165, 1.54) is 60.8 Å². The number of ether oxygens (including phenoxy) is 1. The van der Waals surface area contributed by atoms with E-state index in [4.69, 9.17) is 4.74 Å². The molecule has 2 heterocycles. The molecular formula is C43H27NO. The molecule has 2 heteroatoms. The van der Waals surface area contributed by atoms with Crippen LogP contribution in [-0.2, 0) is 5.41 Å². The zero-order valence-corrected chi connectivity index (χ0v) is 24.4. The first kappa shape index (κ1) is 24.6. The number of aromatic nitrogens is 1. The van der Waals surface area contributed by atoms with Crippen molar-refractivity contribution < 1.29 is 4.74 Å². The summed E-state index contributed by atoms with van der Waals surface area (Å²) in [5.74, 6) is 1.81. The van der Waals surface area contributed by atoms with Gasteiger partial charge in [-0.15, -0.1) is 0 Å². The Morgan fingerprint density at radius 3 is 1.60 bits per heavy atom. The molecule has 0 N–H and O–H groups in total. The van der Waals surface area contributed by atoms with E-state index in [1.54, 1.807) is 0 Å². The minimum Gasteiger partial charge on any atom is -0.457 e. The third kappa shape index (κ3) is 3.18. The second-order valence-electron chi connectivity index (χ2n) is 12.0. The Bertz CT molecular complexity index is 2380. The van der Waals surface area contributed by atoms with Gasteiger partial charge in [-0.05, 0) is 64.2 Å². The maximum Gasteiger partial charge on any atom is 0.132 e. The number of para-hydroxylation sites is 4. The zero-order valence-electron chi connectivity index (χ0n) is 24.4. The van der Waals surface area contributed by atoms with E-state index in [0.29, 0.717) is 0 Å². The minimum atomic E-state index is -0.491. The molecule has 0 amide bonds. The van der Waals surface area contributed by atoms with Crippen molar-refractivity contribution in [1.29, 1.82) is 0 Å².